The quantitative estimate of drug-likeness (QED) is 0.0872. The molecule has 2 rings (SSSR count). The lowest BCUT2D eigenvalue weighted by Crippen LogP contribution is -2.43. The van der Waals surface area contributed by atoms with Crippen molar-refractivity contribution in [2.75, 3.05) is 112 Å². The van der Waals surface area contributed by atoms with Crippen molar-refractivity contribution in [1.82, 2.24) is 25.6 Å². The highest BCUT2D eigenvalue weighted by Gasteiger charge is 2.25. The van der Waals surface area contributed by atoms with E-state index in [1.54, 1.807) is 0 Å². The maximum Gasteiger partial charge on any atom is 0.246 e. The van der Waals surface area contributed by atoms with Gasteiger partial charge in [-0.25, -0.2) is 4.68 Å². The number of ketones is 1. The van der Waals surface area contributed by atoms with Crippen LogP contribution in [0.4, 0.5) is 0 Å². The molecule has 52 heavy (non-hydrogen) atoms. The van der Waals surface area contributed by atoms with E-state index in [9.17, 15) is 14.4 Å². The van der Waals surface area contributed by atoms with Crippen molar-refractivity contribution in [3.05, 3.63) is 11.4 Å². The van der Waals surface area contributed by atoms with Gasteiger partial charge in [-0.2, -0.15) is 0 Å². The molecule has 1 aliphatic rings. The molecular formula is C35H64N6O11. The second kappa shape index (κ2) is 29.8. The minimum absolute atomic E-state index is 0.0417. The Morgan fingerprint density at radius 3 is 1.94 bits per heavy atom. The minimum atomic E-state index is -0.469. The first-order valence-corrected chi connectivity index (χ1v) is 18.7. The van der Waals surface area contributed by atoms with Crippen LogP contribution in [0.5, 0.6) is 0 Å². The van der Waals surface area contributed by atoms with Gasteiger partial charge in [0.15, 0.2) is 5.78 Å². The molecule has 17 heteroatoms. The lowest BCUT2D eigenvalue weighted by molar-refractivity contribution is -0.128. The zero-order valence-electron chi connectivity index (χ0n) is 31.6. The number of rotatable bonds is 32. The maximum absolute atomic E-state index is 12.5. The molecule has 1 aliphatic carbocycles. The molecular weight excluding hydrogens is 680 g/mol. The first-order chi connectivity index (χ1) is 25.3. The van der Waals surface area contributed by atoms with Gasteiger partial charge in [-0.05, 0) is 32.1 Å². The highest BCUT2D eigenvalue weighted by atomic mass is 16.6. The van der Waals surface area contributed by atoms with Gasteiger partial charge in [-0.15, -0.1) is 5.10 Å². The third kappa shape index (κ3) is 21.2. The number of hydrogen-bond acceptors (Lipinski definition) is 14. The van der Waals surface area contributed by atoms with E-state index >= 15 is 0 Å². The molecule has 0 saturated carbocycles. The van der Waals surface area contributed by atoms with E-state index in [2.05, 4.69) is 20.9 Å². The maximum atomic E-state index is 12.5. The number of ether oxygens (including phenoxy) is 8. The third-order valence-corrected chi connectivity index (χ3v) is 8.00. The molecule has 0 fully saturated rings. The van der Waals surface area contributed by atoms with E-state index in [1.165, 1.54) is 6.92 Å². The van der Waals surface area contributed by atoms with Crippen molar-refractivity contribution in [2.24, 2.45) is 11.7 Å². The van der Waals surface area contributed by atoms with E-state index in [-0.39, 0.29) is 49.3 Å². The Bertz CT molecular complexity index is 1090. The lowest BCUT2D eigenvalue weighted by atomic mass is 9.99. The van der Waals surface area contributed by atoms with Crippen molar-refractivity contribution in [1.29, 1.82) is 0 Å². The summed E-state index contributed by atoms with van der Waals surface area (Å²) in [7, 11) is 0. The van der Waals surface area contributed by atoms with E-state index in [1.807, 2.05) is 18.5 Å². The summed E-state index contributed by atoms with van der Waals surface area (Å²) in [6.07, 6.45) is 4.68. The highest BCUT2D eigenvalue weighted by Crippen LogP contribution is 2.29. The molecule has 17 nitrogen and oxygen atoms in total. The van der Waals surface area contributed by atoms with Gasteiger partial charge in [0.1, 0.15) is 18.4 Å². The summed E-state index contributed by atoms with van der Waals surface area (Å²) in [4.78, 5) is 36.0. The van der Waals surface area contributed by atoms with Crippen molar-refractivity contribution in [3.63, 3.8) is 0 Å². The average molecular weight is 745 g/mol. The Morgan fingerprint density at radius 2 is 1.35 bits per heavy atom. The largest absolute Gasteiger partial charge is 0.379 e. The van der Waals surface area contributed by atoms with Gasteiger partial charge < -0.3 is 54.3 Å². The van der Waals surface area contributed by atoms with Crippen LogP contribution in [0.15, 0.2) is 0 Å². The summed E-state index contributed by atoms with van der Waals surface area (Å²) >= 11 is 0. The number of amides is 2. The van der Waals surface area contributed by atoms with Crippen LogP contribution < -0.4 is 16.4 Å². The number of carbonyl (C=O) groups excluding carboxylic acids is 3. The second-order valence-electron chi connectivity index (χ2n) is 12.6. The SMILES string of the molecule is CC(=O)[C@@H](NC(=O)CCOCCOCCOCCOCCNC(=O)COC1CCCCCc2c1nnn2CCOCCOCCOCCN)C(C)C. The zero-order valence-corrected chi connectivity index (χ0v) is 31.6. The van der Waals surface area contributed by atoms with Crippen molar-refractivity contribution in [2.45, 2.75) is 78.0 Å². The molecule has 0 spiro atoms. The highest BCUT2D eigenvalue weighted by molar-refractivity contribution is 5.87. The zero-order chi connectivity index (χ0) is 37.7. The van der Waals surface area contributed by atoms with E-state index in [0.29, 0.717) is 106 Å². The Balaban J connectivity index is 1.46. The molecule has 1 aromatic heterocycles. The minimum Gasteiger partial charge on any atom is -0.379 e. The van der Waals surface area contributed by atoms with Crippen molar-refractivity contribution in [3.8, 4) is 0 Å². The standard InChI is InChI=1S/C35H64N6O11/c1-28(2)34(29(3)42)38-32(43)9-13-45-17-21-49-25-26-51-23-19-47-15-11-37-33(44)27-52-31-8-6-4-5-7-30-35(31)39-40-41(30)12-16-48-20-24-50-22-18-46-14-10-36/h28,31,34H,4-27,36H2,1-3H3,(H,37,44)(H,38,43)/t31?,34-/m0/s1. The Hall–Kier alpha value is -2.61. The fraction of sp³-hybridized carbons (Fsp3) is 0.857. The lowest BCUT2D eigenvalue weighted by Gasteiger charge is -2.20. The number of hydrogen-bond donors (Lipinski definition) is 3. The van der Waals surface area contributed by atoms with Gasteiger partial charge in [0, 0.05) is 19.5 Å². The number of nitrogens with two attached hydrogens (primary N) is 1. The number of aromatic nitrogens is 3. The molecule has 0 radical (unpaired) electrons. The van der Waals surface area contributed by atoms with E-state index in [4.69, 9.17) is 43.6 Å². The topological polar surface area (TPSA) is 206 Å². The molecule has 1 aromatic rings. The molecule has 1 unspecified atom stereocenters. The van der Waals surface area contributed by atoms with Gasteiger partial charge >= 0.3 is 0 Å². The predicted octanol–water partition coefficient (Wildman–Crippen LogP) is 0.763. The normalized spacial score (nSPS) is 15.2. The fourth-order valence-electron chi connectivity index (χ4n) is 5.31. The van der Waals surface area contributed by atoms with Crippen LogP contribution in [0.3, 0.4) is 0 Å². The molecule has 300 valence electrons. The van der Waals surface area contributed by atoms with Crippen molar-refractivity contribution < 1.29 is 52.3 Å². The summed E-state index contributed by atoms with van der Waals surface area (Å²) < 4.78 is 46.3. The summed E-state index contributed by atoms with van der Waals surface area (Å²) in [6, 6.07) is -0.469. The molecule has 0 bridgehead atoms. The molecule has 0 aliphatic heterocycles. The van der Waals surface area contributed by atoms with Crippen LogP contribution in [0.25, 0.3) is 0 Å². The number of fused-ring (bicyclic) bond motifs is 1. The molecule has 1 heterocycles. The van der Waals surface area contributed by atoms with Gasteiger partial charge in [-0.1, -0.05) is 31.9 Å². The molecule has 4 N–H and O–H groups in total. The molecule has 0 aromatic carbocycles. The van der Waals surface area contributed by atoms with Crippen LogP contribution in [-0.2, 0) is 65.2 Å². The van der Waals surface area contributed by atoms with Gasteiger partial charge in [0.25, 0.3) is 0 Å². The number of nitrogens with zero attached hydrogens (tertiary/aromatic N) is 3. The Morgan fingerprint density at radius 1 is 0.769 bits per heavy atom. The monoisotopic (exact) mass is 744 g/mol. The van der Waals surface area contributed by atoms with Crippen molar-refractivity contribution >= 4 is 17.6 Å². The number of nitrogens with one attached hydrogen (secondary N) is 2. The van der Waals surface area contributed by atoms with Crippen LogP contribution in [-0.4, -0.2) is 151 Å². The smallest absolute Gasteiger partial charge is 0.246 e. The van der Waals surface area contributed by atoms with Crippen LogP contribution in [0.1, 0.15) is 70.4 Å². The van der Waals surface area contributed by atoms with Crippen LogP contribution >= 0.6 is 0 Å². The molecule has 0 saturated heterocycles. The molecule has 2 amide bonds. The number of Topliss-reactive ketones (excluding diaryl/α,β-unsaturated/α-hetero) is 1. The van der Waals surface area contributed by atoms with Crippen LogP contribution in [0, 0.1) is 5.92 Å². The van der Waals surface area contributed by atoms with E-state index in [0.717, 1.165) is 43.5 Å². The Labute approximate surface area is 308 Å². The summed E-state index contributed by atoms with van der Waals surface area (Å²) in [5, 5.41) is 14.4. The number of carbonyl (C=O) groups is 3. The molecule has 2 atom stereocenters. The van der Waals surface area contributed by atoms with Gasteiger partial charge in [0.2, 0.25) is 11.8 Å². The summed E-state index contributed by atoms with van der Waals surface area (Å²) in [6.45, 7) is 12.6. The predicted molar refractivity (Wildman–Crippen MR) is 191 cm³/mol. The fourth-order valence-corrected chi connectivity index (χ4v) is 5.31. The summed E-state index contributed by atoms with van der Waals surface area (Å²) in [5.41, 5.74) is 7.23. The van der Waals surface area contributed by atoms with Gasteiger partial charge in [-0.3, -0.25) is 14.4 Å². The van der Waals surface area contributed by atoms with Crippen LogP contribution in [0.2, 0.25) is 0 Å². The third-order valence-electron chi connectivity index (χ3n) is 8.00. The first kappa shape index (κ1) is 45.5. The van der Waals surface area contributed by atoms with E-state index < -0.39 is 6.04 Å². The average Bonchev–Trinajstić information content (AvgIpc) is 3.50. The van der Waals surface area contributed by atoms with Gasteiger partial charge in [0.05, 0.1) is 111 Å². The Kier molecular flexibility index (Phi) is 26.1. The second-order valence-corrected chi connectivity index (χ2v) is 12.6. The summed E-state index contributed by atoms with van der Waals surface area (Å²) in [5.74, 6) is -0.434. The first-order valence-electron chi connectivity index (χ1n) is 18.7.